The van der Waals surface area contributed by atoms with Crippen LogP contribution in [0.4, 0.5) is 0 Å². The molecule has 1 atom stereocenters. The third-order valence-corrected chi connectivity index (χ3v) is 3.97. The van der Waals surface area contributed by atoms with Crippen LogP contribution in [0.2, 0.25) is 0 Å². The molecular weight excluding hydrogens is 286 g/mol. The molecule has 0 aromatic heterocycles. The Morgan fingerprint density at radius 2 is 1.61 bits per heavy atom. The van der Waals surface area contributed by atoms with Gasteiger partial charge in [0, 0.05) is 11.6 Å². The van der Waals surface area contributed by atoms with Crippen molar-refractivity contribution in [3.8, 4) is 0 Å². The van der Waals surface area contributed by atoms with Gasteiger partial charge < -0.3 is 10.4 Å². The first-order valence-electron chi connectivity index (χ1n) is 9.37. The Morgan fingerprint density at radius 3 is 2.17 bits per heavy atom. The number of carbonyl (C=O) groups is 1. The lowest BCUT2D eigenvalue weighted by atomic mass is 10.1. The third kappa shape index (κ3) is 14.2. The molecule has 0 radical (unpaired) electrons. The molecule has 2 N–H and O–H groups in total. The lowest BCUT2D eigenvalue weighted by Gasteiger charge is -2.10. The second-order valence-corrected chi connectivity index (χ2v) is 6.45. The highest BCUT2D eigenvalue weighted by Crippen LogP contribution is 2.10. The molecule has 0 aromatic rings. The van der Waals surface area contributed by atoms with Gasteiger partial charge in [0.05, 0.1) is 6.61 Å². The van der Waals surface area contributed by atoms with Gasteiger partial charge in [-0.3, -0.25) is 4.79 Å². The van der Waals surface area contributed by atoms with Crippen molar-refractivity contribution in [1.82, 2.24) is 5.32 Å². The van der Waals surface area contributed by atoms with Gasteiger partial charge in [0.1, 0.15) is 0 Å². The molecule has 0 aliphatic rings. The Labute approximate surface area is 143 Å². The Bertz CT molecular complexity index is 348. The maximum atomic E-state index is 11.7. The van der Waals surface area contributed by atoms with Crippen molar-refractivity contribution < 1.29 is 9.90 Å². The Kier molecular flexibility index (Phi) is 15.0. The van der Waals surface area contributed by atoms with Crippen LogP contribution in [0.3, 0.4) is 0 Å². The number of aliphatic hydroxyl groups excluding tert-OH is 1. The minimum absolute atomic E-state index is 0.0343. The van der Waals surface area contributed by atoms with Crippen LogP contribution in [-0.2, 0) is 4.79 Å². The van der Waals surface area contributed by atoms with Crippen LogP contribution in [0.1, 0.15) is 85.0 Å². The molecule has 0 saturated carbocycles. The highest BCUT2D eigenvalue weighted by atomic mass is 16.3. The zero-order valence-corrected chi connectivity index (χ0v) is 15.4. The van der Waals surface area contributed by atoms with Gasteiger partial charge in [-0.25, -0.2) is 0 Å². The van der Waals surface area contributed by atoms with Crippen molar-refractivity contribution in [1.29, 1.82) is 0 Å². The first kappa shape index (κ1) is 21.9. The topological polar surface area (TPSA) is 49.3 Å². The quantitative estimate of drug-likeness (QED) is 0.271. The maximum absolute atomic E-state index is 11.7. The summed E-state index contributed by atoms with van der Waals surface area (Å²) in [5.41, 5.74) is 0.675. The van der Waals surface area contributed by atoms with E-state index in [1.54, 1.807) is 13.8 Å². The zero-order chi connectivity index (χ0) is 17.3. The molecule has 0 aliphatic heterocycles. The van der Waals surface area contributed by atoms with Gasteiger partial charge >= 0.3 is 0 Å². The van der Waals surface area contributed by atoms with Crippen molar-refractivity contribution in [2.75, 3.05) is 6.61 Å². The average molecular weight is 324 g/mol. The van der Waals surface area contributed by atoms with Crippen LogP contribution in [0.15, 0.2) is 23.8 Å². The molecule has 0 aromatic carbocycles. The van der Waals surface area contributed by atoms with E-state index in [2.05, 4.69) is 18.3 Å². The first-order valence-corrected chi connectivity index (χ1v) is 9.37. The lowest BCUT2D eigenvalue weighted by Crippen LogP contribution is -2.35. The van der Waals surface area contributed by atoms with Crippen LogP contribution in [0, 0.1) is 0 Å². The van der Waals surface area contributed by atoms with E-state index in [1.165, 1.54) is 57.8 Å². The number of allylic oxidation sites excluding steroid dienone is 3. The predicted octanol–water partition coefficient (Wildman–Crippen LogP) is 4.91. The molecule has 0 heterocycles. The summed E-state index contributed by atoms with van der Waals surface area (Å²) in [6.45, 7) is 5.80. The van der Waals surface area contributed by atoms with E-state index in [1.807, 2.05) is 12.2 Å². The van der Waals surface area contributed by atoms with Gasteiger partial charge in [0.2, 0.25) is 5.91 Å². The third-order valence-electron chi connectivity index (χ3n) is 3.97. The maximum Gasteiger partial charge on any atom is 0.247 e. The van der Waals surface area contributed by atoms with Gasteiger partial charge in [-0.15, -0.1) is 0 Å². The molecule has 0 spiro atoms. The standard InChI is InChI=1S/C20H37NO2/c1-4-5-6-7-8-9-10-11-12-13-14-15-16-18(2)20(23)21-19(3)17-22/h14-16,19,22H,4-13,17H2,1-3H3,(H,21,23)/b15-14+,18-16+/t19-/m0/s1. The number of carbonyl (C=O) groups excluding carboxylic acids is 1. The molecule has 3 nitrogen and oxygen atoms in total. The Morgan fingerprint density at radius 1 is 1.04 bits per heavy atom. The number of amides is 1. The summed E-state index contributed by atoms with van der Waals surface area (Å²) in [6, 6.07) is -0.197. The lowest BCUT2D eigenvalue weighted by molar-refractivity contribution is -0.118. The minimum atomic E-state index is -0.197. The molecule has 23 heavy (non-hydrogen) atoms. The normalized spacial score (nSPS) is 13.5. The molecule has 1 amide bonds. The van der Waals surface area contributed by atoms with E-state index < -0.39 is 0 Å². The van der Waals surface area contributed by atoms with Crippen molar-refractivity contribution in [2.45, 2.75) is 91.0 Å². The first-order chi connectivity index (χ1) is 11.1. The van der Waals surface area contributed by atoms with Gasteiger partial charge in [-0.2, -0.15) is 0 Å². The molecule has 3 heteroatoms. The smallest absolute Gasteiger partial charge is 0.247 e. The van der Waals surface area contributed by atoms with Gasteiger partial charge in [0.15, 0.2) is 0 Å². The molecule has 0 bridgehead atoms. The van der Waals surface area contributed by atoms with Crippen LogP contribution < -0.4 is 5.32 Å². The molecule has 0 saturated heterocycles. The summed E-state index contributed by atoms with van der Waals surface area (Å²) >= 11 is 0. The minimum Gasteiger partial charge on any atom is -0.394 e. The van der Waals surface area contributed by atoms with Crippen LogP contribution >= 0.6 is 0 Å². The monoisotopic (exact) mass is 323 g/mol. The summed E-state index contributed by atoms with van der Waals surface area (Å²) < 4.78 is 0. The SMILES string of the molecule is CCCCCCCCCCC/C=C/C=C(\C)C(=O)N[C@@H](C)CO. The van der Waals surface area contributed by atoms with Crippen LogP contribution in [0.25, 0.3) is 0 Å². The largest absolute Gasteiger partial charge is 0.394 e. The van der Waals surface area contributed by atoms with E-state index in [-0.39, 0.29) is 18.6 Å². The molecule has 0 aliphatic carbocycles. The van der Waals surface area contributed by atoms with Crippen LogP contribution in [-0.4, -0.2) is 23.7 Å². The molecule has 0 fully saturated rings. The molecule has 134 valence electrons. The van der Waals surface area contributed by atoms with Crippen molar-refractivity contribution in [3.05, 3.63) is 23.8 Å². The van der Waals surface area contributed by atoms with E-state index >= 15 is 0 Å². The van der Waals surface area contributed by atoms with Crippen molar-refractivity contribution in [2.24, 2.45) is 0 Å². The fourth-order valence-electron chi connectivity index (χ4n) is 2.34. The molecule has 0 unspecified atom stereocenters. The van der Waals surface area contributed by atoms with Gasteiger partial charge in [-0.1, -0.05) is 76.5 Å². The Hall–Kier alpha value is -1.09. The van der Waals surface area contributed by atoms with Crippen LogP contribution in [0.5, 0.6) is 0 Å². The van der Waals surface area contributed by atoms with Crippen molar-refractivity contribution >= 4 is 5.91 Å². The fraction of sp³-hybridized carbons (Fsp3) is 0.750. The number of nitrogens with one attached hydrogen (secondary N) is 1. The number of hydrogen-bond donors (Lipinski definition) is 2. The number of aliphatic hydroxyl groups is 1. The number of rotatable bonds is 14. The predicted molar refractivity (Wildman–Crippen MR) is 99.4 cm³/mol. The van der Waals surface area contributed by atoms with Gasteiger partial charge in [-0.05, 0) is 26.7 Å². The molecular formula is C20H37NO2. The van der Waals surface area contributed by atoms with Gasteiger partial charge in [0.25, 0.3) is 0 Å². The fourth-order valence-corrected chi connectivity index (χ4v) is 2.34. The number of hydrogen-bond acceptors (Lipinski definition) is 2. The summed E-state index contributed by atoms with van der Waals surface area (Å²) in [5.74, 6) is -0.112. The summed E-state index contributed by atoms with van der Waals surface area (Å²) in [5, 5.41) is 11.6. The van der Waals surface area contributed by atoms with Crippen molar-refractivity contribution in [3.63, 3.8) is 0 Å². The van der Waals surface area contributed by atoms with E-state index in [0.717, 1.165) is 6.42 Å². The van der Waals surface area contributed by atoms with E-state index in [0.29, 0.717) is 5.57 Å². The molecule has 0 rings (SSSR count). The second kappa shape index (κ2) is 15.8. The average Bonchev–Trinajstić information content (AvgIpc) is 2.55. The zero-order valence-electron chi connectivity index (χ0n) is 15.4. The highest BCUT2D eigenvalue weighted by Gasteiger charge is 2.06. The summed E-state index contributed by atoms with van der Waals surface area (Å²) in [6.07, 6.45) is 19.1. The highest BCUT2D eigenvalue weighted by molar-refractivity contribution is 5.93. The summed E-state index contributed by atoms with van der Waals surface area (Å²) in [7, 11) is 0. The van der Waals surface area contributed by atoms with E-state index in [9.17, 15) is 4.79 Å². The second-order valence-electron chi connectivity index (χ2n) is 6.45. The van der Waals surface area contributed by atoms with E-state index in [4.69, 9.17) is 5.11 Å². The number of unbranched alkanes of at least 4 members (excludes halogenated alkanes) is 9. The Balaban J connectivity index is 3.59. The summed E-state index contributed by atoms with van der Waals surface area (Å²) in [4.78, 5) is 11.7.